The highest BCUT2D eigenvalue weighted by molar-refractivity contribution is 5.71. The summed E-state index contributed by atoms with van der Waals surface area (Å²) < 4.78 is 4.46. The molecule has 0 saturated carbocycles. The van der Waals surface area contributed by atoms with Crippen LogP contribution in [0.15, 0.2) is 0 Å². The molecular weight excluding hydrogens is 152 g/mol. The second-order valence-corrected chi connectivity index (χ2v) is 2.83. The Kier molecular flexibility index (Phi) is 12.2. The van der Waals surface area contributed by atoms with Gasteiger partial charge in [-0.1, -0.05) is 40.5 Å². The summed E-state index contributed by atoms with van der Waals surface area (Å²) in [7, 11) is 1.41. The van der Waals surface area contributed by atoms with Gasteiger partial charge < -0.3 is 4.74 Å². The van der Waals surface area contributed by atoms with E-state index >= 15 is 0 Å². The molecule has 0 amide bonds. The van der Waals surface area contributed by atoms with Gasteiger partial charge in [0, 0.05) is 0 Å². The summed E-state index contributed by atoms with van der Waals surface area (Å²) in [5.74, 6) is -0.0625. The molecule has 0 aromatic rings. The molecular formula is C10H22O2. The van der Waals surface area contributed by atoms with Crippen LogP contribution in [0, 0.1) is 5.92 Å². The predicted molar refractivity (Wildman–Crippen MR) is 52.1 cm³/mol. The number of carbonyl (C=O) groups is 1. The molecule has 2 nitrogen and oxygen atoms in total. The van der Waals surface area contributed by atoms with Gasteiger partial charge in [-0.3, -0.25) is 4.79 Å². The van der Waals surface area contributed by atoms with Crippen molar-refractivity contribution in [1.82, 2.24) is 0 Å². The Morgan fingerprint density at radius 1 is 1.25 bits per heavy atom. The Balaban J connectivity index is 0. The molecule has 0 rings (SSSR count). The second-order valence-electron chi connectivity index (χ2n) is 2.83. The highest BCUT2D eigenvalue weighted by atomic mass is 16.5. The molecule has 1 unspecified atom stereocenters. The first-order valence-corrected chi connectivity index (χ1v) is 4.71. The van der Waals surface area contributed by atoms with E-state index in [-0.39, 0.29) is 11.9 Å². The number of carbonyl (C=O) groups excluding carboxylic acids is 1. The molecule has 0 aliphatic rings. The molecule has 0 N–H and O–H groups in total. The third-order valence-electron chi connectivity index (χ3n) is 1.72. The van der Waals surface area contributed by atoms with Crippen LogP contribution in [-0.2, 0) is 9.53 Å². The minimum Gasteiger partial charge on any atom is -0.469 e. The van der Waals surface area contributed by atoms with Crippen LogP contribution in [0.5, 0.6) is 0 Å². The number of methoxy groups -OCH3 is 1. The molecule has 0 aromatic heterocycles. The van der Waals surface area contributed by atoms with Crippen LogP contribution in [-0.4, -0.2) is 13.1 Å². The number of esters is 1. The van der Waals surface area contributed by atoms with Gasteiger partial charge in [0.1, 0.15) is 0 Å². The van der Waals surface area contributed by atoms with Crippen LogP contribution in [0.25, 0.3) is 0 Å². The van der Waals surface area contributed by atoms with Crippen molar-refractivity contribution in [2.45, 2.75) is 47.0 Å². The first-order valence-electron chi connectivity index (χ1n) is 4.71. The van der Waals surface area contributed by atoms with Crippen molar-refractivity contribution in [2.24, 2.45) is 5.92 Å². The third kappa shape index (κ3) is 9.47. The molecule has 0 aliphatic heterocycles. The van der Waals surface area contributed by atoms with Gasteiger partial charge in [-0.25, -0.2) is 0 Å². The first-order chi connectivity index (χ1) is 5.63. The summed E-state index contributed by atoms with van der Waals surface area (Å²) >= 11 is 0. The van der Waals surface area contributed by atoms with Crippen molar-refractivity contribution in [1.29, 1.82) is 0 Å². The molecule has 0 heterocycles. The van der Waals surface area contributed by atoms with Crippen molar-refractivity contribution in [3.63, 3.8) is 0 Å². The van der Waals surface area contributed by atoms with Crippen molar-refractivity contribution < 1.29 is 9.53 Å². The fourth-order valence-corrected chi connectivity index (χ4v) is 0.368. The van der Waals surface area contributed by atoms with Gasteiger partial charge in [0.25, 0.3) is 0 Å². The van der Waals surface area contributed by atoms with Gasteiger partial charge in [-0.15, -0.1) is 0 Å². The molecule has 0 radical (unpaired) electrons. The molecule has 0 saturated heterocycles. The lowest BCUT2D eigenvalue weighted by molar-refractivity contribution is -0.144. The lowest BCUT2D eigenvalue weighted by Crippen LogP contribution is -2.10. The fraction of sp³-hybridized carbons (Fsp3) is 0.900. The number of ether oxygens (including phenoxy) is 1. The van der Waals surface area contributed by atoms with Crippen LogP contribution >= 0.6 is 0 Å². The minimum absolute atomic E-state index is 0.0556. The average Bonchev–Trinajstić information content (AvgIpc) is 2.15. The van der Waals surface area contributed by atoms with Crippen LogP contribution in [0.1, 0.15) is 47.0 Å². The molecule has 0 bridgehead atoms. The third-order valence-corrected chi connectivity index (χ3v) is 1.72. The SMILES string of the molecule is CCC(C)C(=O)OC.CCCC. The largest absolute Gasteiger partial charge is 0.469 e. The molecule has 2 heteroatoms. The van der Waals surface area contributed by atoms with E-state index in [1.165, 1.54) is 20.0 Å². The van der Waals surface area contributed by atoms with Crippen LogP contribution in [0.4, 0.5) is 0 Å². The highest BCUT2D eigenvalue weighted by Crippen LogP contribution is 2.00. The molecule has 0 fully saturated rings. The van der Waals surface area contributed by atoms with E-state index in [0.717, 1.165) is 6.42 Å². The van der Waals surface area contributed by atoms with Crippen molar-refractivity contribution in [2.75, 3.05) is 7.11 Å². The van der Waals surface area contributed by atoms with Gasteiger partial charge in [-0.05, 0) is 6.42 Å². The number of unbranched alkanes of at least 4 members (excludes halogenated alkanes) is 1. The van der Waals surface area contributed by atoms with Crippen molar-refractivity contribution in [3.8, 4) is 0 Å². The summed E-state index contributed by atoms with van der Waals surface area (Å²) in [6.45, 7) is 8.17. The van der Waals surface area contributed by atoms with E-state index < -0.39 is 0 Å². The van der Waals surface area contributed by atoms with Gasteiger partial charge in [0.15, 0.2) is 0 Å². The lowest BCUT2D eigenvalue weighted by Gasteiger charge is -2.02. The quantitative estimate of drug-likeness (QED) is 0.615. The minimum atomic E-state index is -0.118. The van der Waals surface area contributed by atoms with E-state index in [2.05, 4.69) is 18.6 Å². The standard InChI is InChI=1S/C6H12O2.C4H10/c1-4-5(2)6(7)8-3;1-3-4-2/h5H,4H2,1-3H3;3-4H2,1-2H3. The Morgan fingerprint density at radius 3 is 1.75 bits per heavy atom. The number of hydrogen-bond acceptors (Lipinski definition) is 2. The maximum atomic E-state index is 10.5. The number of hydrogen-bond donors (Lipinski definition) is 0. The normalized spacial score (nSPS) is 11.1. The summed E-state index contributed by atoms with van der Waals surface area (Å²) in [5, 5.41) is 0. The van der Waals surface area contributed by atoms with Gasteiger partial charge >= 0.3 is 5.97 Å². The molecule has 0 aromatic carbocycles. The fourth-order valence-electron chi connectivity index (χ4n) is 0.368. The first kappa shape index (κ1) is 14.0. The zero-order chi connectivity index (χ0) is 9.98. The zero-order valence-electron chi connectivity index (χ0n) is 9.02. The van der Waals surface area contributed by atoms with Crippen LogP contribution < -0.4 is 0 Å². The molecule has 74 valence electrons. The smallest absolute Gasteiger partial charge is 0.308 e. The lowest BCUT2D eigenvalue weighted by atomic mass is 10.1. The molecule has 12 heavy (non-hydrogen) atoms. The summed E-state index contributed by atoms with van der Waals surface area (Å²) in [6.07, 6.45) is 3.49. The van der Waals surface area contributed by atoms with E-state index in [1.807, 2.05) is 13.8 Å². The van der Waals surface area contributed by atoms with Crippen molar-refractivity contribution in [3.05, 3.63) is 0 Å². The predicted octanol–water partition coefficient (Wildman–Crippen LogP) is 3.01. The monoisotopic (exact) mass is 174 g/mol. The number of rotatable bonds is 3. The van der Waals surface area contributed by atoms with Gasteiger partial charge in [-0.2, -0.15) is 0 Å². The topological polar surface area (TPSA) is 26.3 Å². The maximum absolute atomic E-state index is 10.5. The van der Waals surface area contributed by atoms with Crippen LogP contribution in [0.3, 0.4) is 0 Å². The Morgan fingerprint density at radius 2 is 1.67 bits per heavy atom. The molecule has 1 atom stereocenters. The van der Waals surface area contributed by atoms with E-state index in [4.69, 9.17) is 0 Å². The van der Waals surface area contributed by atoms with Gasteiger partial charge in [0.05, 0.1) is 13.0 Å². The Hall–Kier alpha value is -0.530. The van der Waals surface area contributed by atoms with Crippen LogP contribution in [0.2, 0.25) is 0 Å². The van der Waals surface area contributed by atoms with Crippen molar-refractivity contribution >= 4 is 5.97 Å². The zero-order valence-corrected chi connectivity index (χ0v) is 9.02. The van der Waals surface area contributed by atoms with E-state index in [0.29, 0.717) is 0 Å². The van der Waals surface area contributed by atoms with E-state index in [1.54, 1.807) is 0 Å². The Labute approximate surface area is 76.3 Å². The van der Waals surface area contributed by atoms with E-state index in [9.17, 15) is 4.79 Å². The summed E-state index contributed by atoms with van der Waals surface area (Å²) in [4.78, 5) is 10.5. The highest BCUT2D eigenvalue weighted by Gasteiger charge is 2.08. The summed E-state index contributed by atoms with van der Waals surface area (Å²) in [6, 6.07) is 0. The molecule has 0 aliphatic carbocycles. The second kappa shape index (κ2) is 10.5. The maximum Gasteiger partial charge on any atom is 0.308 e. The Bertz CT molecular complexity index is 98.0. The molecule has 0 spiro atoms. The average molecular weight is 174 g/mol. The summed E-state index contributed by atoms with van der Waals surface area (Å²) in [5.41, 5.74) is 0. The van der Waals surface area contributed by atoms with Gasteiger partial charge in [0.2, 0.25) is 0 Å².